The average molecular weight is 550 g/mol. The van der Waals surface area contributed by atoms with E-state index < -0.39 is 17.1 Å². The summed E-state index contributed by atoms with van der Waals surface area (Å²) in [4.78, 5) is 34.3. The van der Waals surface area contributed by atoms with Crippen molar-refractivity contribution >= 4 is 22.6 Å². The molecule has 1 saturated heterocycles. The summed E-state index contributed by atoms with van der Waals surface area (Å²) < 4.78 is 35.9. The molecule has 4 aliphatic carbocycles. The molecule has 0 spiro atoms. The Balaban J connectivity index is 1.32. The SMILES string of the molecule is O=C(CC12CC3CC(CC(C3)C1)C2)c1cn(-c2ccc(F)cc2F)c2nc(N3CCOC(CO)C3)ccc2c1=O. The Hall–Kier alpha value is -3.17. The van der Waals surface area contributed by atoms with E-state index in [-0.39, 0.29) is 46.2 Å². The molecular weight excluding hydrogens is 516 g/mol. The summed E-state index contributed by atoms with van der Waals surface area (Å²) in [5.41, 5.74) is -0.256. The standard InChI is InChI=1S/C31H33F2N3O4/c32-21-1-3-26(25(33)10-21)36-16-24(27(38)14-31-11-18-7-19(12-31)9-20(8-18)13-31)29(39)23-2-4-28(34-30(23)36)35-5-6-40-22(15-35)17-37/h1-4,10,16,18-20,22,37H,5-9,11-15,17H2. The highest BCUT2D eigenvalue weighted by Gasteiger charge is 2.51. The minimum Gasteiger partial charge on any atom is -0.394 e. The molecule has 1 atom stereocenters. The Bertz CT molecular complexity index is 1520. The van der Waals surface area contributed by atoms with Crippen LogP contribution in [0.5, 0.6) is 0 Å². The van der Waals surface area contributed by atoms with Crippen LogP contribution < -0.4 is 10.3 Å². The Labute approximate surface area is 230 Å². The van der Waals surface area contributed by atoms with Gasteiger partial charge in [0.1, 0.15) is 17.5 Å². The van der Waals surface area contributed by atoms with Gasteiger partial charge in [0, 0.05) is 31.8 Å². The number of Topliss-reactive ketones (excluding diaryl/α,β-unsaturated/α-hetero) is 1. The number of aromatic nitrogens is 2. The normalized spacial score (nSPS) is 29.3. The molecule has 0 amide bonds. The molecule has 0 radical (unpaired) electrons. The molecule has 5 fully saturated rings. The number of fused-ring (bicyclic) bond motifs is 1. The van der Waals surface area contributed by atoms with Crippen molar-refractivity contribution in [1.82, 2.24) is 9.55 Å². The van der Waals surface area contributed by atoms with E-state index in [1.54, 1.807) is 12.1 Å². The topological polar surface area (TPSA) is 84.7 Å². The van der Waals surface area contributed by atoms with Crippen LogP contribution >= 0.6 is 0 Å². The summed E-state index contributed by atoms with van der Waals surface area (Å²) >= 11 is 0. The number of benzene rings is 1. The molecule has 4 bridgehead atoms. The zero-order valence-electron chi connectivity index (χ0n) is 22.3. The molecule has 40 heavy (non-hydrogen) atoms. The number of halogens is 2. The Kier molecular flexibility index (Phi) is 6.27. The second-order valence-electron chi connectivity index (χ2n) is 12.5. The number of carbonyl (C=O) groups is 1. The Morgan fingerprint density at radius 3 is 2.48 bits per heavy atom. The van der Waals surface area contributed by atoms with E-state index in [4.69, 9.17) is 9.72 Å². The molecule has 1 unspecified atom stereocenters. The van der Waals surface area contributed by atoms with Crippen LogP contribution in [0.4, 0.5) is 14.6 Å². The zero-order valence-corrected chi connectivity index (χ0v) is 22.3. The first-order valence-corrected chi connectivity index (χ1v) is 14.3. The van der Waals surface area contributed by atoms with Crippen molar-refractivity contribution in [3.05, 3.63) is 63.9 Å². The van der Waals surface area contributed by atoms with Gasteiger partial charge in [0.25, 0.3) is 0 Å². The number of morpholine rings is 1. The fraction of sp³-hybridized carbons (Fsp3) is 0.516. The highest BCUT2D eigenvalue weighted by atomic mass is 19.1. The predicted molar refractivity (Wildman–Crippen MR) is 146 cm³/mol. The fourth-order valence-electron chi connectivity index (χ4n) is 8.41. The van der Waals surface area contributed by atoms with Crippen LogP contribution in [0.2, 0.25) is 0 Å². The van der Waals surface area contributed by atoms with Crippen molar-refractivity contribution in [3.8, 4) is 5.69 Å². The summed E-state index contributed by atoms with van der Waals surface area (Å²) in [6.45, 7) is 1.21. The third-order valence-corrected chi connectivity index (χ3v) is 9.67. The maximum absolute atomic E-state index is 15.1. The molecule has 3 heterocycles. The number of hydrogen-bond acceptors (Lipinski definition) is 6. The van der Waals surface area contributed by atoms with Crippen molar-refractivity contribution in [3.63, 3.8) is 0 Å². The zero-order chi connectivity index (χ0) is 27.6. The maximum atomic E-state index is 15.1. The molecule has 4 saturated carbocycles. The Morgan fingerprint density at radius 1 is 1.07 bits per heavy atom. The minimum absolute atomic E-state index is 0.00937. The molecule has 9 heteroatoms. The van der Waals surface area contributed by atoms with Crippen molar-refractivity contribution < 1.29 is 23.4 Å². The van der Waals surface area contributed by atoms with Gasteiger partial charge in [0.2, 0.25) is 5.43 Å². The van der Waals surface area contributed by atoms with Gasteiger partial charge >= 0.3 is 0 Å². The molecule has 1 aliphatic heterocycles. The highest BCUT2D eigenvalue weighted by Crippen LogP contribution is 2.61. The molecule has 210 valence electrons. The number of ether oxygens (including phenoxy) is 1. The number of rotatable bonds is 6. The smallest absolute Gasteiger partial charge is 0.201 e. The summed E-state index contributed by atoms with van der Waals surface area (Å²) in [6, 6.07) is 6.57. The highest BCUT2D eigenvalue weighted by molar-refractivity contribution is 5.99. The van der Waals surface area contributed by atoms with Gasteiger partial charge < -0.3 is 14.7 Å². The van der Waals surface area contributed by atoms with Crippen molar-refractivity contribution in [2.24, 2.45) is 23.2 Å². The summed E-state index contributed by atoms with van der Waals surface area (Å²) in [5.74, 6) is 0.812. The Morgan fingerprint density at radius 2 is 1.80 bits per heavy atom. The molecular formula is C31H33F2N3O4. The number of aliphatic hydroxyl groups is 1. The van der Waals surface area contributed by atoms with E-state index in [0.29, 0.717) is 49.7 Å². The van der Waals surface area contributed by atoms with Gasteiger partial charge in [-0.1, -0.05) is 0 Å². The lowest BCUT2D eigenvalue weighted by Gasteiger charge is -2.56. The first-order valence-electron chi connectivity index (χ1n) is 14.3. The van der Waals surface area contributed by atoms with Crippen LogP contribution in [0.3, 0.4) is 0 Å². The molecule has 3 aromatic rings. The van der Waals surface area contributed by atoms with E-state index in [1.807, 2.05) is 4.90 Å². The second-order valence-corrected chi connectivity index (χ2v) is 12.5. The number of hydrogen-bond donors (Lipinski definition) is 1. The quantitative estimate of drug-likeness (QED) is 0.451. The number of pyridine rings is 2. The van der Waals surface area contributed by atoms with E-state index in [0.717, 1.165) is 31.4 Å². The van der Waals surface area contributed by atoms with Crippen molar-refractivity contribution in [2.45, 2.75) is 51.0 Å². The van der Waals surface area contributed by atoms with Gasteiger partial charge in [-0.05, 0) is 86.0 Å². The number of anilines is 1. The molecule has 8 rings (SSSR count). The molecule has 1 aromatic carbocycles. The fourth-order valence-corrected chi connectivity index (χ4v) is 8.41. The number of carbonyl (C=O) groups excluding carboxylic acids is 1. The molecule has 7 nitrogen and oxygen atoms in total. The van der Waals surface area contributed by atoms with Gasteiger partial charge in [-0.2, -0.15) is 0 Å². The van der Waals surface area contributed by atoms with E-state index in [1.165, 1.54) is 36.1 Å². The van der Waals surface area contributed by atoms with Crippen LogP contribution in [0.25, 0.3) is 16.7 Å². The average Bonchev–Trinajstić information content (AvgIpc) is 2.92. The van der Waals surface area contributed by atoms with E-state index in [9.17, 15) is 19.1 Å². The first-order chi connectivity index (χ1) is 19.3. The largest absolute Gasteiger partial charge is 0.394 e. The number of nitrogens with zero attached hydrogens (tertiary/aromatic N) is 3. The van der Waals surface area contributed by atoms with Gasteiger partial charge in [-0.3, -0.25) is 14.2 Å². The van der Waals surface area contributed by atoms with Gasteiger partial charge in [-0.15, -0.1) is 0 Å². The minimum atomic E-state index is -0.816. The van der Waals surface area contributed by atoms with Gasteiger partial charge in [0.15, 0.2) is 11.4 Å². The van der Waals surface area contributed by atoms with Crippen LogP contribution in [0.15, 0.2) is 41.3 Å². The monoisotopic (exact) mass is 549 g/mol. The predicted octanol–water partition coefficient (Wildman–Crippen LogP) is 4.65. The third kappa shape index (κ3) is 4.43. The van der Waals surface area contributed by atoms with Crippen LogP contribution in [0.1, 0.15) is 55.3 Å². The molecule has 5 aliphatic rings. The summed E-state index contributed by atoms with van der Waals surface area (Å²) in [5, 5.41) is 9.76. The molecule has 1 N–H and O–H groups in total. The lowest BCUT2D eigenvalue weighted by molar-refractivity contribution is -0.0524. The van der Waals surface area contributed by atoms with Crippen LogP contribution in [-0.2, 0) is 4.74 Å². The lowest BCUT2D eigenvalue weighted by Crippen LogP contribution is -2.47. The second kappa shape index (κ2) is 9.73. The maximum Gasteiger partial charge on any atom is 0.201 e. The molecule has 2 aromatic heterocycles. The van der Waals surface area contributed by atoms with Crippen LogP contribution in [0, 0.1) is 34.8 Å². The third-order valence-electron chi connectivity index (χ3n) is 9.67. The van der Waals surface area contributed by atoms with Crippen molar-refractivity contribution in [2.75, 3.05) is 31.2 Å². The number of ketones is 1. The summed E-state index contributed by atoms with van der Waals surface area (Å²) in [7, 11) is 0. The lowest BCUT2D eigenvalue weighted by atomic mass is 9.48. The van der Waals surface area contributed by atoms with Crippen molar-refractivity contribution in [1.29, 1.82) is 0 Å². The van der Waals surface area contributed by atoms with Gasteiger partial charge in [0.05, 0.1) is 36.0 Å². The van der Waals surface area contributed by atoms with E-state index >= 15 is 4.39 Å². The number of aliphatic hydroxyl groups excluding tert-OH is 1. The van der Waals surface area contributed by atoms with Gasteiger partial charge in [-0.25, -0.2) is 13.8 Å². The first kappa shape index (κ1) is 25.8. The summed E-state index contributed by atoms with van der Waals surface area (Å²) in [6.07, 6.45) is 8.26. The van der Waals surface area contributed by atoms with E-state index in [2.05, 4.69) is 0 Å². The van der Waals surface area contributed by atoms with Crippen LogP contribution in [-0.4, -0.2) is 52.8 Å².